The Morgan fingerprint density at radius 3 is 2.48 bits per heavy atom. The van der Waals surface area contributed by atoms with Crippen LogP contribution in [-0.4, -0.2) is 93.5 Å². The Hall–Kier alpha value is -4.62. The van der Waals surface area contributed by atoms with Crippen molar-refractivity contribution in [3.63, 3.8) is 0 Å². The average molecular weight is 640 g/mol. The molecule has 15 heteroatoms. The Bertz CT molecular complexity index is 1880. The summed E-state index contributed by atoms with van der Waals surface area (Å²) >= 11 is 12.8. The molecule has 0 atom stereocenters. The lowest BCUT2D eigenvalue weighted by Gasteiger charge is -2.35. The molecule has 0 saturated carbocycles. The third-order valence-electron chi connectivity index (χ3n) is 7.35. The van der Waals surface area contributed by atoms with Crippen molar-refractivity contribution in [1.82, 2.24) is 34.6 Å². The van der Waals surface area contributed by atoms with Gasteiger partial charge in [0.1, 0.15) is 16.5 Å². The summed E-state index contributed by atoms with van der Waals surface area (Å²) in [7, 11) is 3.12. The van der Waals surface area contributed by atoms with Gasteiger partial charge in [-0.3, -0.25) is 14.3 Å². The smallest absolute Gasteiger partial charge is 0.303 e. The lowest BCUT2D eigenvalue weighted by atomic mass is 10.0. The van der Waals surface area contributed by atoms with E-state index in [9.17, 15) is 9.59 Å². The number of H-pyrrole nitrogens is 1. The van der Waals surface area contributed by atoms with Crippen molar-refractivity contribution in [2.45, 2.75) is 13.5 Å². The Morgan fingerprint density at radius 2 is 1.75 bits per heavy atom. The Kier molecular flexibility index (Phi) is 8.15. The molecule has 0 spiro atoms. The normalized spacial score (nSPS) is 13.5. The highest BCUT2D eigenvalue weighted by molar-refractivity contribution is 6.34. The number of esters is 1. The van der Waals surface area contributed by atoms with Crippen LogP contribution in [0, 0.1) is 0 Å². The fraction of sp³-hybridized carbons (Fsp3) is 0.310. The van der Waals surface area contributed by atoms with E-state index in [0.717, 1.165) is 16.5 Å². The van der Waals surface area contributed by atoms with Gasteiger partial charge in [0.2, 0.25) is 0 Å². The molecule has 44 heavy (non-hydrogen) atoms. The fourth-order valence-electron chi connectivity index (χ4n) is 5.20. The van der Waals surface area contributed by atoms with E-state index in [1.54, 1.807) is 42.1 Å². The van der Waals surface area contributed by atoms with Gasteiger partial charge in [-0.1, -0.05) is 23.2 Å². The van der Waals surface area contributed by atoms with Crippen molar-refractivity contribution in [2.24, 2.45) is 0 Å². The number of hydrogen-bond donors (Lipinski definition) is 1. The number of rotatable bonds is 8. The molecule has 4 aromatic heterocycles. The number of halogens is 2. The van der Waals surface area contributed by atoms with E-state index in [4.69, 9.17) is 47.5 Å². The topological polar surface area (TPSA) is 141 Å². The summed E-state index contributed by atoms with van der Waals surface area (Å²) in [5, 5.41) is 6.58. The van der Waals surface area contributed by atoms with Gasteiger partial charge in [0.15, 0.2) is 29.6 Å². The summed E-state index contributed by atoms with van der Waals surface area (Å²) < 4.78 is 17.6. The Balaban J connectivity index is 1.37. The van der Waals surface area contributed by atoms with Gasteiger partial charge in [0, 0.05) is 68.1 Å². The highest BCUT2D eigenvalue weighted by Crippen LogP contribution is 2.41. The Labute approximate surface area is 261 Å². The van der Waals surface area contributed by atoms with Crippen molar-refractivity contribution >= 4 is 63.0 Å². The quantitative estimate of drug-likeness (QED) is 0.196. The van der Waals surface area contributed by atoms with Gasteiger partial charge in [0.25, 0.3) is 5.91 Å². The largest absolute Gasteiger partial charge is 0.493 e. The number of anilines is 1. The van der Waals surface area contributed by atoms with E-state index in [1.807, 2.05) is 18.3 Å². The maximum atomic E-state index is 12.5. The number of methoxy groups -OCH3 is 2. The highest BCUT2D eigenvalue weighted by Gasteiger charge is 2.26. The number of fused-ring (bicyclic) bond motifs is 2. The summed E-state index contributed by atoms with van der Waals surface area (Å²) in [6.45, 7) is 3.27. The predicted octanol–water partition coefficient (Wildman–Crippen LogP) is 3.95. The molecular formula is C29H28Cl2N8O5. The summed E-state index contributed by atoms with van der Waals surface area (Å²) in [5.41, 5.74) is 3.41. The van der Waals surface area contributed by atoms with E-state index in [1.165, 1.54) is 6.92 Å². The molecule has 228 valence electrons. The van der Waals surface area contributed by atoms with Crippen LogP contribution in [0.3, 0.4) is 0 Å². The predicted molar refractivity (Wildman–Crippen MR) is 165 cm³/mol. The number of benzene rings is 1. The summed E-state index contributed by atoms with van der Waals surface area (Å²) in [5.74, 6) is 1.64. The number of aromatic nitrogens is 6. The molecule has 1 fully saturated rings. The Morgan fingerprint density at radius 1 is 1.00 bits per heavy atom. The lowest BCUT2D eigenvalue weighted by Crippen LogP contribution is -2.50. The van der Waals surface area contributed by atoms with Crippen LogP contribution >= 0.6 is 23.2 Å². The third kappa shape index (κ3) is 5.80. The first-order valence-corrected chi connectivity index (χ1v) is 14.4. The number of ether oxygens (including phenoxy) is 3. The first kappa shape index (κ1) is 29.5. The maximum Gasteiger partial charge on any atom is 0.303 e. The zero-order valence-corrected chi connectivity index (χ0v) is 25.6. The molecule has 1 aromatic carbocycles. The van der Waals surface area contributed by atoms with Crippen LogP contribution in [0.5, 0.6) is 11.5 Å². The molecule has 13 nitrogen and oxygen atoms in total. The van der Waals surface area contributed by atoms with Crippen molar-refractivity contribution in [3.05, 3.63) is 52.7 Å². The second-order valence-corrected chi connectivity index (χ2v) is 10.9. The van der Waals surface area contributed by atoms with Crippen LogP contribution in [0.4, 0.5) is 5.82 Å². The average Bonchev–Trinajstić information content (AvgIpc) is 3.62. The number of hydrogen-bond acceptors (Lipinski definition) is 10. The number of amides is 1. The summed E-state index contributed by atoms with van der Waals surface area (Å²) in [6, 6.07) is 7.06. The van der Waals surface area contributed by atoms with Gasteiger partial charge in [0.05, 0.1) is 31.3 Å². The number of carbonyl (C=O) groups excluding carboxylic acids is 2. The molecule has 5 aromatic rings. The number of imidazole rings is 1. The zero-order chi connectivity index (χ0) is 31.0. The minimum absolute atomic E-state index is 0.234. The minimum Gasteiger partial charge on any atom is -0.493 e. The van der Waals surface area contributed by atoms with Gasteiger partial charge in [-0.25, -0.2) is 15.0 Å². The van der Waals surface area contributed by atoms with Crippen molar-refractivity contribution in [1.29, 1.82) is 0 Å². The van der Waals surface area contributed by atoms with Crippen molar-refractivity contribution in [3.8, 4) is 22.6 Å². The summed E-state index contributed by atoms with van der Waals surface area (Å²) in [6.07, 6.45) is 3.69. The van der Waals surface area contributed by atoms with E-state index in [2.05, 4.69) is 19.9 Å². The lowest BCUT2D eigenvalue weighted by molar-refractivity contribution is -0.150. The van der Waals surface area contributed by atoms with Gasteiger partial charge in [-0.2, -0.15) is 5.10 Å². The standard InChI is InChI=1S/C29H28Cl2N8O5/c1-16(40)44-15-26(41)37-6-8-38(9-7-37)29-27-19(18(12-32-29)17-10-22(42-2)23(43-3)11-20(17)30)13-39(36-27)14-25-33-21-4-5-24(31)34-28(21)35-25/h4-5,10-13H,6-9,14-15H2,1-3H3,(H,33,34,35). The van der Waals surface area contributed by atoms with Gasteiger partial charge < -0.3 is 29.0 Å². The number of carbonyl (C=O) groups is 2. The van der Waals surface area contributed by atoms with Crippen LogP contribution in [0.2, 0.25) is 10.2 Å². The number of pyridine rings is 2. The number of nitrogens with zero attached hydrogens (tertiary/aromatic N) is 7. The fourth-order valence-corrected chi connectivity index (χ4v) is 5.60. The molecule has 0 unspecified atom stereocenters. The first-order valence-electron chi connectivity index (χ1n) is 13.7. The molecule has 0 radical (unpaired) electrons. The van der Waals surface area contributed by atoms with Crippen LogP contribution < -0.4 is 14.4 Å². The summed E-state index contributed by atoms with van der Waals surface area (Å²) in [4.78, 5) is 44.4. The van der Waals surface area contributed by atoms with E-state index >= 15 is 0 Å². The minimum atomic E-state index is -0.489. The third-order valence-corrected chi connectivity index (χ3v) is 7.87. The van der Waals surface area contributed by atoms with E-state index in [0.29, 0.717) is 82.8 Å². The van der Waals surface area contributed by atoms with E-state index < -0.39 is 5.97 Å². The monoisotopic (exact) mass is 638 g/mol. The molecule has 1 saturated heterocycles. The maximum absolute atomic E-state index is 12.5. The van der Waals surface area contributed by atoms with Gasteiger partial charge in [-0.15, -0.1) is 0 Å². The highest BCUT2D eigenvalue weighted by atomic mass is 35.5. The molecule has 1 N–H and O–H groups in total. The molecule has 0 aliphatic carbocycles. The molecule has 1 amide bonds. The number of aromatic amines is 1. The molecule has 6 rings (SSSR count). The molecule has 1 aliphatic heterocycles. The van der Waals surface area contributed by atoms with Crippen molar-refractivity contribution < 1.29 is 23.8 Å². The molecule has 5 heterocycles. The zero-order valence-electron chi connectivity index (χ0n) is 24.1. The molecular weight excluding hydrogens is 611 g/mol. The van der Waals surface area contributed by atoms with Crippen LogP contribution in [0.25, 0.3) is 33.2 Å². The second kappa shape index (κ2) is 12.2. The number of nitrogens with one attached hydrogen (secondary N) is 1. The van der Waals surface area contributed by atoms with Crippen LogP contribution in [0.1, 0.15) is 12.7 Å². The molecule has 0 bridgehead atoms. The van der Waals surface area contributed by atoms with Gasteiger partial charge >= 0.3 is 5.97 Å². The van der Waals surface area contributed by atoms with E-state index in [-0.39, 0.29) is 12.5 Å². The van der Waals surface area contributed by atoms with Gasteiger partial charge in [-0.05, 0) is 18.2 Å². The first-order chi connectivity index (χ1) is 21.2. The number of piperazine rings is 1. The SMILES string of the molecule is COc1cc(Cl)c(-c2cnc(N3CCN(C(=O)COC(C)=O)CC3)c3nn(Cc4nc5nc(Cl)ccc5[nH]4)cc23)cc1OC. The van der Waals surface area contributed by atoms with Crippen LogP contribution in [-0.2, 0) is 20.9 Å². The van der Waals surface area contributed by atoms with Crippen molar-refractivity contribution in [2.75, 3.05) is 51.9 Å². The second-order valence-electron chi connectivity index (χ2n) is 10.1. The van der Waals surface area contributed by atoms with Crippen LogP contribution in [0.15, 0.2) is 36.7 Å². The molecule has 1 aliphatic rings.